The van der Waals surface area contributed by atoms with Crippen molar-refractivity contribution in [1.29, 1.82) is 0 Å². The van der Waals surface area contributed by atoms with Crippen LogP contribution in [0.2, 0.25) is 0 Å². The Labute approximate surface area is 400 Å². The molecule has 0 aliphatic heterocycles. The molecule has 370 valence electrons. The number of alkyl carbamates (subject to hydrolysis) is 2. The average Bonchev–Trinajstić information content (AvgIpc) is 3.49. The van der Waals surface area contributed by atoms with Gasteiger partial charge in [0, 0.05) is 41.6 Å². The molecule has 0 aromatic heterocycles. The van der Waals surface area contributed by atoms with Crippen LogP contribution in [0.5, 0.6) is 0 Å². The molecule has 4 aliphatic rings. The SMILES string of the molecule is CC(C)CCCC[C@H]1CC[C@H]2[C@@H]3CC=C4C[C@@H](SSCCC(=O)N(CCCCNCCC(C)(C)NC(=O)OC(C)(C)C)CCC(C)(C)NC(=O)OC(C)(C)C)CC[C@]4(C)[C@H]3CC[C@]12C. The van der Waals surface area contributed by atoms with Gasteiger partial charge in [-0.25, -0.2) is 9.59 Å². The normalized spacial score (nSPS) is 27.2. The molecule has 4 rings (SSSR count). The molecule has 3 fully saturated rings. The fourth-order valence-corrected chi connectivity index (χ4v) is 14.4. The standard InChI is InChI=1S/C53H96N4O5S2/c1-38(2)19-15-16-20-39-22-24-43-42-23-21-40-37-41(25-28-53(40,14)44(42)26-29-52(39,43)13)64-63-36-27-45(58)57(35-31-51(11,12)56-47(60)62-49(6,7)8)34-18-17-32-54-33-30-50(9,10)55-46(59)61-48(3,4)5/h21,38-39,41-44,54H,15-20,22-37H2,1-14H3,(H,55,59)(H,56,60)/t39-,41-,42-,43-,44-,52+,53-/m0/s1. The molecule has 0 bridgehead atoms. The van der Waals surface area contributed by atoms with Crippen LogP contribution >= 0.6 is 21.6 Å². The fourth-order valence-electron chi connectivity index (χ4n) is 11.8. The van der Waals surface area contributed by atoms with Crippen molar-refractivity contribution in [3.8, 4) is 0 Å². The highest BCUT2D eigenvalue weighted by atomic mass is 33.1. The number of amides is 3. The van der Waals surface area contributed by atoms with Gasteiger partial charge in [0.2, 0.25) is 5.91 Å². The van der Waals surface area contributed by atoms with Crippen LogP contribution in [-0.2, 0) is 14.3 Å². The summed E-state index contributed by atoms with van der Waals surface area (Å²) in [5.74, 6) is 5.42. The number of nitrogens with zero attached hydrogens (tertiary/aromatic N) is 1. The molecule has 9 nitrogen and oxygen atoms in total. The lowest BCUT2D eigenvalue weighted by molar-refractivity contribution is -0.131. The van der Waals surface area contributed by atoms with Crippen molar-refractivity contribution in [2.24, 2.45) is 40.4 Å². The Morgan fingerprint density at radius 1 is 0.781 bits per heavy atom. The predicted octanol–water partition coefficient (Wildman–Crippen LogP) is 13.5. The van der Waals surface area contributed by atoms with Crippen LogP contribution in [0.3, 0.4) is 0 Å². The lowest BCUT2D eigenvalue weighted by atomic mass is 9.47. The van der Waals surface area contributed by atoms with Gasteiger partial charge in [-0.2, -0.15) is 0 Å². The summed E-state index contributed by atoms with van der Waals surface area (Å²) in [5.41, 5.74) is 0.654. The predicted molar refractivity (Wildman–Crippen MR) is 272 cm³/mol. The van der Waals surface area contributed by atoms with E-state index < -0.39 is 34.5 Å². The first-order chi connectivity index (χ1) is 29.7. The number of ether oxygens (including phenoxy) is 2. The summed E-state index contributed by atoms with van der Waals surface area (Å²) in [4.78, 5) is 40.8. The Hall–Kier alpha value is -1.59. The Kier molecular flexibility index (Phi) is 20.3. The van der Waals surface area contributed by atoms with E-state index in [9.17, 15) is 14.4 Å². The van der Waals surface area contributed by atoms with Crippen LogP contribution in [0.25, 0.3) is 0 Å². The van der Waals surface area contributed by atoms with E-state index in [0.717, 1.165) is 67.7 Å². The first-order valence-corrected chi connectivity index (χ1v) is 28.1. The summed E-state index contributed by atoms with van der Waals surface area (Å²) in [6, 6.07) is 0. The Morgan fingerprint density at radius 3 is 2.08 bits per heavy atom. The van der Waals surface area contributed by atoms with Crippen molar-refractivity contribution in [2.45, 2.75) is 234 Å². The first-order valence-electron chi connectivity index (χ1n) is 25.7. The zero-order valence-corrected chi connectivity index (χ0v) is 45.0. The van der Waals surface area contributed by atoms with Crippen molar-refractivity contribution in [1.82, 2.24) is 20.9 Å². The van der Waals surface area contributed by atoms with E-state index in [1.54, 1.807) is 5.57 Å². The van der Waals surface area contributed by atoms with Crippen LogP contribution in [0, 0.1) is 40.4 Å². The molecule has 3 amide bonds. The van der Waals surface area contributed by atoms with Gasteiger partial charge in [0.1, 0.15) is 11.2 Å². The molecule has 11 heteroatoms. The quantitative estimate of drug-likeness (QED) is 0.0528. The highest BCUT2D eigenvalue weighted by molar-refractivity contribution is 8.76. The second-order valence-corrected chi connectivity index (χ2v) is 27.4. The number of carbonyl (C=O) groups excluding carboxylic acids is 3. The Bertz CT molecular complexity index is 1540. The highest BCUT2D eigenvalue weighted by Gasteiger charge is 2.58. The number of hydrogen-bond donors (Lipinski definition) is 3. The molecule has 0 unspecified atom stereocenters. The topological polar surface area (TPSA) is 109 Å². The maximum Gasteiger partial charge on any atom is 0.408 e. The number of fused-ring (bicyclic) bond motifs is 5. The van der Waals surface area contributed by atoms with Crippen LogP contribution in [-0.4, -0.2) is 82.5 Å². The Morgan fingerprint density at radius 2 is 1.44 bits per heavy atom. The van der Waals surface area contributed by atoms with Crippen LogP contribution in [0.4, 0.5) is 9.59 Å². The van der Waals surface area contributed by atoms with Crippen molar-refractivity contribution < 1.29 is 23.9 Å². The van der Waals surface area contributed by atoms with Crippen molar-refractivity contribution in [2.75, 3.05) is 31.9 Å². The maximum atomic E-state index is 13.9. The number of unbranched alkanes of at least 4 members (excludes halogenated alkanes) is 2. The average molecular weight is 934 g/mol. The molecule has 0 heterocycles. The summed E-state index contributed by atoms with van der Waals surface area (Å²) < 4.78 is 11.0. The molecule has 4 aliphatic carbocycles. The molecule has 0 aromatic carbocycles. The van der Waals surface area contributed by atoms with Gasteiger partial charge in [0.25, 0.3) is 0 Å². The van der Waals surface area contributed by atoms with Crippen LogP contribution < -0.4 is 16.0 Å². The van der Waals surface area contributed by atoms with Crippen molar-refractivity contribution in [3.63, 3.8) is 0 Å². The molecule has 7 atom stereocenters. The fraction of sp³-hybridized carbons (Fsp3) is 0.906. The van der Waals surface area contributed by atoms with E-state index in [1.807, 2.05) is 95.7 Å². The van der Waals surface area contributed by atoms with Gasteiger partial charge in [-0.3, -0.25) is 4.79 Å². The summed E-state index contributed by atoms with van der Waals surface area (Å²) in [5, 5.41) is 10.2. The van der Waals surface area contributed by atoms with E-state index in [2.05, 4.69) is 49.7 Å². The number of carbonyl (C=O) groups is 3. The van der Waals surface area contributed by atoms with E-state index in [0.29, 0.717) is 42.0 Å². The molecule has 64 heavy (non-hydrogen) atoms. The molecule has 0 saturated heterocycles. The van der Waals surface area contributed by atoms with Crippen molar-refractivity contribution in [3.05, 3.63) is 11.6 Å². The monoisotopic (exact) mass is 933 g/mol. The Balaban J connectivity index is 1.24. The molecule has 0 spiro atoms. The third-order valence-corrected chi connectivity index (χ3v) is 18.3. The molecule has 0 radical (unpaired) electrons. The zero-order chi connectivity index (χ0) is 47.6. The minimum absolute atomic E-state index is 0.190. The molecule has 0 aromatic rings. The smallest absolute Gasteiger partial charge is 0.408 e. The van der Waals surface area contributed by atoms with E-state index in [-0.39, 0.29) is 5.91 Å². The minimum Gasteiger partial charge on any atom is -0.444 e. The number of nitrogens with one attached hydrogen (secondary N) is 3. The van der Waals surface area contributed by atoms with Gasteiger partial charge >= 0.3 is 12.2 Å². The van der Waals surface area contributed by atoms with Crippen LogP contribution in [0.15, 0.2) is 11.6 Å². The van der Waals surface area contributed by atoms with Gasteiger partial charge in [-0.15, -0.1) is 0 Å². The minimum atomic E-state index is -0.576. The molecule has 3 saturated carbocycles. The molecule has 3 N–H and O–H groups in total. The van der Waals surface area contributed by atoms with E-state index in [1.165, 1.54) is 77.0 Å². The lowest BCUT2D eigenvalue weighted by Gasteiger charge is -2.58. The first kappa shape index (κ1) is 55.0. The molecular formula is C53H96N4O5S2. The lowest BCUT2D eigenvalue weighted by Crippen LogP contribution is -2.50. The third kappa shape index (κ3) is 17.2. The number of hydrogen-bond acceptors (Lipinski definition) is 8. The second kappa shape index (κ2) is 23.6. The summed E-state index contributed by atoms with van der Waals surface area (Å²) in [6.45, 7) is 32.2. The summed E-state index contributed by atoms with van der Waals surface area (Å²) in [7, 11) is 3.93. The number of allylic oxidation sites excluding steroid dienone is 2. The van der Waals surface area contributed by atoms with Gasteiger partial charge in [-0.05, 0) is 206 Å². The third-order valence-electron chi connectivity index (χ3n) is 15.4. The van der Waals surface area contributed by atoms with Gasteiger partial charge in [0.05, 0.1) is 0 Å². The summed E-state index contributed by atoms with van der Waals surface area (Å²) >= 11 is 0. The maximum absolute atomic E-state index is 13.9. The van der Waals surface area contributed by atoms with Gasteiger partial charge in [0.15, 0.2) is 0 Å². The van der Waals surface area contributed by atoms with Crippen molar-refractivity contribution >= 4 is 39.7 Å². The van der Waals surface area contributed by atoms with Gasteiger partial charge < -0.3 is 30.3 Å². The van der Waals surface area contributed by atoms with E-state index in [4.69, 9.17) is 9.47 Å². The van der Waals surface area contributed by atoms with Gasteiger partial charge in [-0.1, -0.05) is 80.2 Å². The number of rotatable bonds is 23. The highest BCUT2D eigenvalue weighted by Crippen LogP contribution is 2.67. The zero-order valence-electron chi connectivity index (χ0n) is 43.4. The second-order valence-electron chi connectivity index (χ2n) is 24.6. The van der Waals surface area contributed by atoms with Crippen LogP contribution in [0.1, 0.15) is 206 Å². The summed E-state index contributed by atoms with van der Waals surface area (Å²) in [6.07, 6.45) is 22.2. The van der Waals surface area contributed by atoms with E-state index >= 15 is 0 Å². The molecular weight excluding hydrogens is 837 g/mol. The largest absolute Gasteiger partial charge is 0.444 e.